The number of benzene rings is 1. The predicted molar refractivity (Wildman–Crippen MR) is 142 cm³/mol. The summed E-state index contributed by atoms with van der Waals surface area (Å²) in [5.74, 6) is -0.0842. The highest BCUT2D eigenvalue weighted by molar-refractivity contribution is 7.17. The van der Waals surface area contributed by atoms with E-state index in [-0.39, 0.29) is 5.91 Å². The molecule has 35 heavy (non-hydrogen) atoms. The fraction of sp³-hybridized carbons (Fsp3) is 0.480. The number of carbonyl (C=O) groups excluding carboxylic acids is 1. The predicted octanol–water partition coefficient (Wildman–Crippen LogP) is 3.91. The first-order valence-corrected chi connectivity index (χ1v) is 13.6. The van der Waals surface area contributed by atoms with Crippen molar-refractivity contribution in [3.63, 3.8) is 0 Å². The Kier molecular flexibility index (Phi) is 7.85. The van der Waals surface area contributed by atoms with E-state index >= 15 is 0 Å². The summed E-state index contributed by atoms with van der Waals surface area (Å²) >= 11 is 7.69. The van der Waals surface area contributed by atoms with E-state index in [9.17, 15) is 4.79 Å². The molecule has 2 aromatic heterocycles. The van der Waals surface area contributed by atoms with E-state index in [1.807, 2.05) is 41.1 Å². The molecule has 3 aromatic rings. The summed E-state index contributed by atoms with van der Waals surface area (Å²) < 4.78 is 1.85. The smallest absolute Gasteiger partial charge is 0.268 e. The molecule has 2 fully saturated rings. The van der Waals surface area contributed by atoms with E-state index in [0.29, 0.717) is 12.2 Å². The number of aromatic nitrogens is 3. The number of carbonyl (C=O) groups is 1. The summed E-state index contributed by atoms with van der Waals surface area (Å²) in [7, 11) is 0. The van der Waals surface area contributed by atoms with Crippen molar-refractivity contribution in [2.24, 2.45) is 0 Å². The van der Waals surface area contributed by atoms with E-state index in [1.54, 1.807) is 11.3 Å². The lowest BCUT2D eigenvalue weighted by molar-refractivity contribution is 0.0941. The van der Waals surface area contributed by atoms with Crippen LogP contribution < -0.4 is 15.1 Å². The topological polar surface area (TPSA) is 69.5 Å². The number of amides is 1. The Hall–Kier alpha value is -2.62. The number of halogens is 1. The molecule has 0 saturated carbocycles. The molecule has 2 aliphatic heterocycles. The molecule has 0 spiro atoms. The van der Waals surface area contributed by atoms with Crippen molar-refractivity contribution >= 4 is 39.7 Å². The van der Waals surface area contributed by atoms with Crippen LogP contribution in [0.15, 0.2) is 42.6 Å². The first kappa shape index (κ1) is 24.1. The Morgan fingerprint density at radius 2 is 1.69 bits per heavy atom. The average Bonchev–Trinajstić information content (AvgIpc) is 3.48. The largest absolute Gasteiger partial charge is 0.369 e. The van der Waals surface area contributed by atoms with Gasteiger partial charge in [-0.25, -0.2) is 0 Å². The molecule has 0 radical (unpaired) electrons. The van der Waals surface area contributed by atoms with Gasteiger partial charge in [-0.2, -0.15) is 0 Å². The van der Waals surface area contributed by atoms with Gasteiger partial charge in [0.25, 0.3) is 5.91 Å². The minimum absolute atomic E-state index is 0.0842. The number of rotatable bonds is 7. The number of nitrogens with zero attached hydrogens (tertiary/aromatic N) is 6. The summed E-state index contributed by atoms with van der Waals surface area (Å²) in [6.07, 6.45) is 6.84. The van der Waals surface area contributed by atoms with Gasteiger partial charge in [-0.15, -0.1) is 10.2 Å². The molecule has 2 saturated heterocycles. The summed E-state index contributed by atoms with van der Waals surface area (Å²) in [5, 5.41) is 14.3. The second-order valence-corrected chi connectivity index (χ2v) is 10.5. The van der Waals surface area contributed by atoms with Gasteiger partial charge in [0.2, 0.25) is 10.3 Å². The third-order valence-corrected chi connectivity index (χ3v) is 7.95. The van der Waals surface area contributed by atoms with Crippen LogP contribution in [0.3, 0.4) is 0 Å². The summed E-state index contributed by atoms with van der Waals surface area (Å²) in [4.78, 5) is 20.0. The van der Waals surface area contributed by atoms with Crippen molar-refractivity contribution in [3.8, 4) is 5.13 Å². The average molecular weight is 514 g/mol. The number of nitrogens with one attached hydrogen (secondary N) is 1. The molecule has 8 nitrogen and oxygen atoms in total. The zero-order valence-corrected chi connectivity index (χ0v) is 21.5. The molecular weight excluding hydrogens is 482 g/mol. The van der Waals surface area contributed by atoms with E-state index < -0.39 is 0 Å². The lowest BCUT2D eigenvalue weighted by Crippen LogP contribution is -2.48. The molecule has 1 amide bonds. The Labute approximate surface area is 215 Å². The summed E-state index contributed by atoms with van der Waals surface area (Å²) in [6.45, 7) is 7.32. The van der Waals surface area contributed by atoms with Gasteiger partial charge in [0.1, 0.15) is 5.69 Å². The van der Waals surface area contributed by atoms with Gasteiger partial charge >= 0.3 is 0 Å². The Morgan fingerprint density at radius 3 is 2.46 bits per heavy atom. The fourth-order valence-corrected chi connectivity index (χ4v) is 5.83. The van der Waals surface area contributed by atoms with Crippen LogP contribution in [0, 0.1) is 0 Å². The third kappa shape index (κ3) is 5.97. The van der Waals surface area contributed by atoms with Crippen LogP contribution in [0.1, 0.15) is 36.2 Å². The van der Waals surface area contributed by atoms with Gasteiger partial charge in [-0.1, -0.05) is 41.8 Å². The monoisotopic (exact) mass is 513 g/mol. The van der Waals surface area contributed by atoms with Gasteiger partial charge in [0.05, 0.1) is 0 Å². The normalized spacial score (nSPS) is 17.4. The van der Waals surface area contributed by atoms with Gasteiger partial charge in [-0.3, -0.25) is 14.3 Å². The van der Waals surface area contributed by atoms with Crippen LogP contribution in [-0.2, 0) is 0 Å². The Morgan fingerprint density at radius 1 is 0.914 bits per heavy atom. The van der Waals surface area contributed by atoms with E-state index in [2.05, 4.69) is 36.3 Å². The molecule has 0 atom stereocenters. The first-order chi connectivity index (χ1) is 17.2. The Bertz CT molecular complexity index is 1120. The van der Waals surface area contributed by atoms with Crippen molar-refractivity contribution in [2.45, 2.75) is 25.7 Å². The van der Waals surface area contributed by atoms with Crippen molar-refractivity contribution in [3.05, 3.63) is 53.3 Å². The molecule has 10 heteroatoms. The Balaban J connectivity index is 1.11. The van der Waals surface area contributed by atoms with Crippen LogP contribution in [-0.4, -0.2) is 77.9 Å². The van der Waals surface area contributed by atoms with Crippen LogP contribution >= 0.6 is 22.9 Å². The van der Waals surface area contributed by atoms with Crippen molar-refractivity contribution in [1.82, 2.24) is 25.0 Å². The minimum Gasteiger partial charge on any atom is -0.369 e. The molecule has 0 aliphatic carbocycles. The number of piperazine rings is 1. The van der Waals surface area contributed by atoms with E-state index in [1.165, 1.54) is 31.4 Å². The molecule has 5 rings (SSSR count). The highest BCUT2D eigenvalue weighted by Gasteiger charge is 2.20. The van der Waals surface area contributed by atoms with E-state index in [4.69, 9.17) is 11.6 Å². The van der Waals surface area contributed by atoms with Crippen LogP contribution in [0.25, 0.3) is 5.13 Å². The van der Waals surface area contributed by atoms with Gasteiger partial charge in [-0.05, 0) is 43.2 Å². The van der Waals surface area contributed by atoms with Crippen LogP contribution in [0.4, 0.5) is 10.8 Å². The maximum Gasteiger partial charge on any atom is 0.268 e. The standard InChI is InChI=1S/C25H32ClN7OS/c26-20-7-5-8-21(19-20)31-17-15-30(16-18-31)14-10-27-23(34)22-9-6-13-33(22)25-29-28-24(35-25)32-11-3-1-2-4-12-32/h5-9,13,19H,1-4,10-12,14-18H2,(H,27,34). The molecule has 2 aliphatic rings. The van der Waals surface area contributed by atoms with Crippen molar-refractivity contribution in [2.75, 3.05) is 62.2 Å². The second kappa shape index (κ2) is 11.4. The summed E-state index contributed by atoms with van der Waals surface area (Å²) in [6, 6.07) is 11.7. The van der Waals surface area contributed by atoms with Gasteiger partial charge in [0.15, 0.2) is 0 Å². The second-order valence-electron chi connectivity index (χ2n) is 9.10. The molecular formula is C25H32ClN7OS. The summed E-state index contributed by atoms with van der Waals surface area (Å²) in [5.41, 5.74) is 1.76. The molecule has 1 N–H and O–H groups in total. The van der Waals surface area contributed by atoms with Crippen molar-refractivity contribution < 1.29 is 4.79 Å². The highest BCUT2D eigenvalue weighted by atomic mass is 35.5. The quantitative estimate of drug-likeness (QED) is 0.516. The molecule has 0 unspecified atom stereocenters. The van der Waals surface area contributed by atoms with Crippen LogP contribution in [0.2, 0.25) is 5.02 Å². The first-order valence-electron chi connectivity index (χ1n) is 12.4. The number of anilines is 2. The zero-order chi connectivity index (χ0) is 24.0. The molecule has 4 heterocycles. The number of hydrogen-bond acceptors (Lipinski definition) is 7. The SMILES string of the molecule is O=C(NCCN1CCN(c2cccc(Cl)c2)CC1)c1cccn1-c1nnc(N2CCCCCC2)s1. The number of hydrogen-bond donors (Lipinski definition) is 1. The maximum absolute atomic E-state index is 12.9. The third-order valence-electron chi connectivity index (χ3n) is 6.73. The van der Waals surface area contributed by atoms with Crippen molar-refractivity contribution in [1.29, 1.82) is 0 Å². The molecule has 0 bridgehead atoms. The maximum atomic E-state index is 12.9. The van der Waals surface area contributed by atoms with Gasteiger partial charge < -0.3 is 15.1 Å². The lowest BCUT2D eigenvalue weighted by Gasteiger charge is -2.36. The van der Waals surface area contributed by atoms with E-state index in [0.717, 1.165) is 61.1 Å². The molecule has 1 aromatic carbocycles. The minimum atomic E-state index is -0.0842. The van der Waals surface area contributed by atoms with Crippen LogP contribution in [0.5, 0.6) is 0 Å². The highest BCUT2D eigenvalue weighted by Crippen LogP contribution is 2.26. The lowest BCUT2D eigenvalue weighted by atomic mass is 10.2. The molecule has 186 valence electrons. The fourth-order valence-electron chi connectivity index (χ4n) is 4.75. The zero-order valence-electron chi connectivity index (χ0n) is 19.9. The van der Waals surface area contributed by atoms with Gasteiger partial charge in [0, 0.05) is 69.3 Å².